The van der Waals surface area contributed by atoms with Crippen molar-refractivity contribution in [1.82, 2.24) is 5.32 Å². The molecule has 0 fully saturated rings. The number of hydrogen-bond acceptors (Lipinski definition) is 2. The van der Waals surface area contributed by atoms with Gasteiger partial charge in [0.25, 0.3) is 11.8 Å². The minimum absolute atomic E-state index is 0.0803. The van der Waals surface area contributed by atoms with Crippen molar-refractivity contribution in [3.8, 4) is 0 Å². The van der Waals surface area contributed by atoms with Crippen LogP contribution in [0.15, 0.2) is 42.5 Å². The zero-order valence-corrected chi connectivity index (χ0v) is 11.8. The van der Waals surface area contributed by atoms with Gasteiger partial charge >= 0.3 is 0 Å². The average Bonchev–Trinajstić information content (AvgIpc) is 2.48. The molecule has 0 atom stereocenters. The lowest BCUT2D eigenvalue weighted by atomic mass is 9.99. The Morgan fingerprint density at radius 3 is 2.81 bits per heavy atom. The van der Waals surface area contributed by atoms with Crippen LogP contribution < -0.4 is 10.6 Å². The summed E-state index contributed by atoms with van der Waals surface area (Å²) in [5.41, 5.74) is 3.86. The highest BCUT2D eigenvalue weighted by Crippen LogP contribution is 2.20. The van der Waals surface area contributed by atoms with Crippen molar-refractivity contribution >= 4 is 17.5 Å². The molecule has 0 saturated carbocycles. The summed E-state index contributed by atoms with van der Waals surface area (Å²) >= 11 is 0. The summed E-state index contributed by atoms with van der Waals surface area (Å²) in [6, 6.07) is 12.9. The van der Waals surface area contributed by atoms with E-state index in [0.717, 1.165) is 17.5 Å². The summed E-state index contributed by atoms with van der Waals surface area (Å²) in [5.74, 6) is -0.243. The van der Waals surface area contributed by atoms with Crippen molar-refractivity contribution in [2.24, 2.45) is 0 Å². The number of carbonyl (C=O) groups is 2. The van der Waals surface area contributed by atoms with Crippen molar-refractivity contribution in [1.29, 1.82) is 0 Å². The van der Waals surface area contributed by atoms with Crippen LogP contribution in [0.25, 0.3) is 0 Å². The van der Waals surface area contributed by atoms with Crippen LogP contribution in [-0.2, 0) is 6.42 Å². The Hall–Kier alpha value is -2.62. The fraction of sp³-hybridized carbons (Fsp3) is 0.176. The Kier molecular flexibility index (Phi) is 3.44. The van der Waals surface area contributed by atoms with Crippen LogP contribution in [0.4, 0.5) is 5.69 Å². The minimum Gasteiger partial charge on any atom is -0.352 e. The molecule has 0 aliphatic carbocycles. The van der Waals surface area contributed by atoms with Crippen molar-refractivity contribution in [2.45, 2.75) is 13.3 Å². The third kappa shape index (κ3) is 2.65. The number of rotatable bonds is 2. The molecule has 0 radical (unpaired) electrons. The Labute approximate surface area is 123 Å². The van der Waals surface area contributed by atoms with Crippen LogP contribution in [0.3, 0.4) is 0 Å². The first-order valence-electron chi connectivity index (χ1n) is 6.93. The highest BCUT2D eigenvalue weighted by Gasteiger charge is 2.17. The van der Waals surface area contributed by atoms with Gasteiger partial charge in [0.15, 0.2) is 0 Å². The molecule has 1 heterocycles. The number of hydrogen-bond donors (Lipinski definition) is 2. The van der Waals surface area contributed by atoms with Crippen LogP contribution >= 0.6 is 0 Å². The number of benzene rings is 2. The molecule has 2 aromatic carbocycles. The van der Waals surface area contributed by atoms with E-state index in [4.69, 9.17) is 0 Å². The maximum absolute atomic E-state index is 12.3. The third-order valence-electron chi connectivity index (χ3n) is 3.68. The van der Waals surface area contributed by atoms with E-state index in [1.54, 1.807) is 12.1 Å². The summed E-state index contributed by atoms with van der Waals surface area (Å²) in [7, 11) is 0. The molecule has 4 nitrogen and oxygen atoms in total. The maximum Gasteiger partial charge on any atom is 0.255 e. The van der Waals surface area contributed by atoms with Gasteiger partial charge in [-0.3, -0.25) is 9.59 Å². The summed E-state index contributed by atoms with van der Waals surface area (Å²) < 4.78 is 0. The van der Waals surface area contributed by atoms with Gasteiger partial charge in [0.2, 0.25) is 0 Å². The molecule has 106 valence electrons. The lowest BCUT2D eigenvalue weighted by Crippen LogP contribution is -2.31. The number of anilines is 1. The molecular weight excluding hydrogens is 264 g/mol. The highest BCUT2D eigenvalue weighted by atomic mass is 16.2. The van der Waals surface area contributed by atoms with Gasteiger partial charge in [-0.1, -0.05) is 24.3 Å². The number of amides is 2. The van der Waals surface area contributed by atoms with E-state index in [1.807, 2.05) is 37.3 Å². The van der Waals surface area contributed by atoms with Gasteiger partial charge in [-0.15, -0.1) is 0 Å². The zero-order chi connectivity index (χ0) is 14.8. The largest absolute Gasteiger partial charge is 0.352 e. The van der Waals surface area contributed by atoms with Gasteiger partial charge in [0.1, 0.15) is 0 Å². The second kappa shape index (κ2) is 5.40. The molecule has 21 heavy (non-hydrogen) atoms. The molecule has 1 aliphatic heterocycles. The molecular formula is C17H16N2O2. The maximum atomic E-state index is 12.3. The molecule has 4 heteroatoms. The zero-order valence-electron chi connectivity index (χ0n) is 11.8. The summed E-state index contributed by atoms with van der Waals surface area (Å²) in [5, 5.41) is 5.66. The van der Waals surface area contributed by atoms with E-state index in [0.29, 0.717) is 23.4 Å². The van der Waals surface area contributed by atoms with Crippen molar-refractivity contribution in [2.75, 3.05) is 11.9 Å². The van der Waals surface area contributed by atoms with Crippen molar-refractivity contribution in [3.05, 3.63) is 64.7 Å². The molecule has 3 rings (SSSR count). The van der Waals surface area contributed by atoms with E-state index in [1.165, 1.54) is 0 Å². The predicted octanol–water partition coefficient (Wildman–Crippen LogP) is 2.53. The lowest BCUT2D eigenvalue weighted by molar-refractivity contribution is 0.0944. The normalized spacial score (nSPS) is 13.3. The van der Waals surface area contributed by atoms with E-state index in [9.17, 15) is 9.59 Å². The fourth-order valence-corrected chi connectivity index (χ4v) is 2.52. The quantitative estimate of drug-likeness (QED) is 0.888. The summed E-state index contributed by atoms with van der Waals surface area (Å²) in [4.78, 5) is 24.1. The van der Waals surface area contributed by atoms with Crippen molar-refractivity contribution < 1.29 is 9.59 Å². The molecule has 1 aliphatic rings. The molecule has 0 aromatic heterocycles. The van der Waals surface area contributed by atoms with Crippen LogP contribution in [0, 0.1) is 6.92 Å². The standard InChI is InChI=1S/C17H16N2O2/c1-11-4-2-3-5-14(11)17(21)19-13-7-6-12-8-9-18-16(20)15(12)10-13/h2-7,10H,8-9H2,1H3,(H,18,20)(H,19,21). The van der Waals surface area contributed by atoms with Crippen LogP contribution in [-0.4, -0.2) is 18.4 Å². The summed E-state index contributed by atoms with van der Waals surface area (Å²) in [6.07, 6.45) is 0.826. The van der Waals surface area contributed by atoms with E-state index in [-0.39, 0.29) is 11.8 Å². The number of nitrogens with one attached hydrogen (secondary N) is 2. The van der Waals surface area contributed by atoms with Crippen molar-refractivity contribution in [3.63, 3.8) is 0 Å². The first-order valence-corrected chi connectivity index (χ1v) is 6.93. The number of fused-ring (bicyclic) bond motifs is 1. The second-order valence-electron chi connectivity index (χ2n) is 5.15. The van der Waals surface area contributed by atoms with Gasteiger partial charge in [-0.2, -0.15) is 0 Å². The molecule has 0 bridgehead atoms. The lowest BCUT2D eigenvalue weighted by Gasteiger charge is -2.17. The molecule has 0 unspecified atom stereocenters. The van der Waals surface area contributed by atoms with E-state index >= 15 is 0 Å². The monoisotopic (exact) mass is 280 g/mol. The van der Waals surface area contributed by atoms with Crippen LogP contribution in [0.5, 0.6) is 0 Å². The van der Waals surface area contributed by atoms with Gasteiger partial charge in [-0.25, -0.2) is 0 Å². The van der Waals surface area contributed by atoms with E-state index in [2.05, 4.69) is 10.6 Å². The first-order chi connectivity index (χ1) is 10.1. The number of aryl methyl sites for hydroxylation is 1. The Bertz CT molecular complexity index is 722. The molecule has 0 spiro atoms. The van der Waals surface area contributed by atoms with Crippen LogP contribution in [0.2, 0.25) is 0 Å². The second-order valence-corrected chi connectivity index (χ2v) is 5.15. The fourth-order valence-electron chi connectivity index (χ4n) is 2.52. The smallest absolute Gasteiger partial charge is 0.255 e. The molecule has 2 N–H and O–H groups in total. The molecule has 0 saturated heterocycles. The van der Waals surface area contributed by atoms with E-state index < -0.39 is 0 Å². The SMILES string of the molecule is Cc1ccccc1C(=O)Nc1ccc2c(c1)C(=O)NCC2. The van der Waals surface area contributed by atoms with Gasteiger partial charge in [-0.05, 0) is 42.7 Å². The highest BCUT2D eigenvalue weighted by molar-refractivity contribution is 6.06. The molecule has 2 amide bonds. The summed E-state index contributed by atoms with van der Waals surface area (Å²) in [6.45, 7) is 2.57. The van der Waals surface area contributed by atoms with Gasteiger partial charge in [0, 0.05) is 23.4 Å². The Balaban J connectivity index is 1.86. The van der Waals surface area contributed by atoms with Gasteiger partial charge < -0.3 is 10.6 Å². The number of carbonyl (C=O) groups excluding carboxylic acids is 2. The van der Waals surface area contributed by atoms with Gasteiger partial charge in [0.05, 0.1) is 0 Å². The van der Waals surface area contributed by atoms with Crippen LogP contribution in [0.1, 0.15) is 31.8 Å². The Morgan fingerprint density at radius 2 is 2.00 bits per heavy atom. The third-order valence-corrected chi connectivity index (χ3v) is 3.68. The average molecular weight is 280 g/mol. The minimum atomic E-state index is -0.163. The Morgan fingerprint density at radius 1 is 1.19 bits per heavy atom. The first kappa shape index (κ1) is 13.4. The molecule has 2 aromatic rings. The predicted molar refractivity (Wildman–Crippen MR) is 81.6 cm³/mol. The topological polar surface area (TPSA) is 58.2 Å².